The van der Waals surface area contributed by atoms with E-state index in [0.29, 0.717) is 5.69 Å². The second-order valence-electron chi connectivity index (χ2n) is 8.81. The lowest BCUT2D eigenvalue weighted by Gasteiger charge is -2.44. The highest BCUT2D eigenvalue weighted by molar-refractivity contribution is 9.10. The molecule has 0 saturated heterocycles. The molecule has 5 rings (SSSR count). The Morgan fingerprint density at radius 3 is 2.81 bits per heavy atom. The predicted octanol–water partition coefficient (Wildman–Crippen LogP) is 23.9. The number of halogens is 2. The van der Waals surface area contributed by atoms with Crippen LogP contribution in [0.25, 0.3) is 17.1 Å². The summed E-state index contributed by atoms with van der Waals surface area (Å²) in [7, 11) is 0. The fourth-order valence-corrected chi connectivity index (χ4v) is 5.83. The van der Waals surface area contributed by atoms with Crippen molar-refractivity contribution < 1.29 is 224 Å². The third kappa shape index (κ3) is 3.07. The number of hydrogen-bond donors (Lipinski definition) is 0. The van der Waals surface area contributed by atoms with Crippen molar-refractivity contribution in [1.29, 1.82) is 5.26 Å². The van der Waals surface area contributed by atoms with Gasteiger partial charge in [0, 0.05) is 242 Å². The summed E-state index contributed by atoms with van der Waals surface area (Å²) in [6, 6.07) is 16.5. The van der Waals surface area contributed by atoms with Crippen LogP contribution in [0, 0.1) is 29.0 Å². The normalized spacial score (nSPS) is 42.3. The molecule has 1 heterocycles. The van der Waals surface area contributed by atoms with E-state index in [4.69, 9.17) is 219 Å². The highest BCUT2D eigenvalue weighted by Crippen LogP contribution is 2.50. The van der Waals surface area contributed by atoms with Gasteiger partial charge in [-0.05, 0) is 49.1 Å². The highest BCUT2D eigenvalue weighted by Gasteiger charge is 2.50. The van der Waals surface area contributed by atoms with Crippen LogP contribution in [0.3, 0.4) is 0 Å². The van der Waals surface area contributed by atoms with Gasteiger partial charge in [0.15, 0.2) is 5.78 Å². The summed E-state index contributed by atoms with van der Waals surface area (Å²) in [6.07, 6.45) is 3.33. The minimum absolute atomic E-state index is 0. The van der Waals surface area contributed by atoms with Gasteiger partial charge in [0.1, 0.15) is 17.7 Å². The summed E-state index contributed by atoms with van der Waals surface area (Å²) < 4.78 is 737. The summed E-state index contributed by atoms with van der Waals surface area (Å²) in [5, 5.41) is 9.60. The quantitative estimate of drug-likeness (QED) is 0.257. The fourth-order valence-electron chi connectivity index (χ4n) is 5.43. The molecule has 0 amide bonds. The number of allylic oxidation sites excluding steroid dienone is 2. The maximum atomic E-state index is 14.2. The van der Waals surface area contributed by atoms with E-state index < -0.39 is 5.41 Å². The van der Waals surface area contributed by atoms with Crippen LogP contribution >= 0.6 is 15.9 Å². The van der Waals surface area contributed by atoms with Gasteiger partial charge in [-0.3, -0.25) is 9.36 Å². The Hall–Kier alpha value is -3.04. The Balaban J connectivity index is -0.0000000106. The molecule has 2 aliphatic carbocycles. The lowest BCUT2D eigenvalue weighted by molar-refractivity contribution is -0.121. The van der Waals surface area contributed by atoms with Crippen LogP contribution in [-0.2, 0) is 16.6 Å². The number of carbonyl (C=O) groups excluding carboxylic acids is 1. The Bertz CT molecular complexity index is 1460. The topological polar surface area (TPSA) is 58.7 Å². The van der Waals surface area contributed by atoms with Gasteiger partial charge in [-0.2, -0.15) is 5.26 Å². The van der Waals surface area contributed by atoms with Gasteiger partial charge >= 0.3 is 0 Å². The van der Waals surface area contributed by atoms with E-state index in [1.807, 2.05) is 47.9 Å². The first kappa shape index (κ1) is 2.06. The van der Waals surface area contributed by atoms with Crippen LogP contribution in [0.15, 0.2) is 64.7 Å². The molecule has 1 aromatic heterocycles. The number of hydrogen-bond acceptors (Lipinski definition) is 3. The third-order valence-corrected chi connectivity index (χ3v) is 7.44. The van der Waals surface area contributed by atoms with Gasteiger partial charge in [-0.1, -0.05) is 54.1 Å². The van der Waals surface area contributed by atoms with Crippen molar-refractivity contribution in [3.63, 3.8) is 0 Å². The standard InChI is InChI=1S/C26H21BrFN3O.73H2/c1-15-21-9-10-22-24(26(21,2)13-17(14-29)23(15)32)30-25(16-5-3-6-18(27)11-16)31(22)20-8-4-7-19(28)12-20;;;;;;;;;;;;;;;;;;;;;;;;;;;;;;;;;;;;;;;;;;;;;;;;;;;;;;;;;;;;;;;;;;;;;;;;;/h3-8,11-13,15,21H,9-10H2,1-2H3;73*1H/t15-,21-,26-;;;;;;;;;;;;;;;;;;;;;;;;;;;;;;;;;;;;;;;;;;;;;;;;;;;;;;;;;;;;;;;;;;;;;;;;;/m1........................................................................./s1/i;72*1+2T;1+2. The molecule has 2 aliphatic rings. The number of Topliss-reactive ketones (excluding diaryl/α,β-unsaturated/α-hetero) is 1. The van der Waals surface area contributed by atoms with Crippen molar-refractivity contribution in [3.8, 4) is 23.1 Å². The van der Waals surface area contributed by atoms with Crippen molar-refractivity contribution in [2.45, 2.75) is 32.1 Å². The zero-order valence-corrected chi connectivity index (χ0v) is 19.4. The van der Waals surface area contributed by atoms with Crippen molar-refractivity contribution in [1.82, 2.24) is 9.55 Å². The molecule has 32 heavy (non-hydrogen) atoms. The molecule has 3 aromatic rings. The van der Waals surface area contributed by atoms with Gasteiger partial charge in [-0.15, -0.1) is 0 Å². The molecule has 0 spiro atoms. The smallest absolute Gasteiger partial charge is 0.176 e. The second-order valence-corrected chi connectivity index (χ2v) is 9.72. The zero-order chi connectivity index (χ0) is 167. The maximum Gasteiger partial charge on any atom is 0.176 e. The maximum absolute atomic E-state index is 14.2. The molecule has 3 atom stereocenters. The Morgan fingerprint density at radius 1 is 1.31 bits per heavy atom. The molecule has 0 N–H and O–H groups in total. The van der Waals surface area contributed by atoms with E-state index in [9.17, 15) is 14.4 Å². The number of fused-ring (bicyclic) bond motifs is 3. The summed E-state index contributed by atoms with van der Waals surface area (Å²) in [5.41, 5.74) is 3.13. The van der Waals surface area contributed by atoms with E-state index in [2.05, 4.69) is 28.9 Å². The molecule has 0 bridgehead atoms. The minimum atomic E-state index is -0.550. The van der Waals surface area contributed by atoms with Gasteiger partial charge in [0.05, 0.1) is 17.0 Å². The van der Waals surface area contributed by atoms with Gasteiger partial charge in [0.2, 0.25) is 0 Å². The molecule has 306 valence electrons. The van der Waals surface area contributed by atoms with Crippen LogP contribution in [0.5, 0.6) is 0 Å². The first-order valence-electron chi connectivity index (χ1n) is 82.6. The van der Waals surface area contributed by atoms with Gasteiger partial charge in [-0.25, -0.2) is 9.37 Å². The molecular weight excluding hydrogens is 469 g/mol. The van der Waals surface area contributed by atoms with E-state index in [0.717, 1.165) is 40.1 Å². The van der Waals surface area contributed by atoms with E-state index in [1.54, 1.807) is 6.07 Å². The number of benzene rings is 2. The average molecular weight is 929 g/mol. The first-order chi connectivity index (χ1) is 87.3. The largest absolute Gasteiger partial charge is 0.296 e. The molecule has 2 aromatic carbocycles. The number of nitriles is 1. The second kappa shape index (κ2) is 7.53. The Kier molecular flexibility index (Phi) is 0.483. The Labute approximate surface area is 418 Å². The predicted molar refractivity (Wildman–Crippen MR) is 278 cm³/mol. The van der Waals surface area contributed by atoms with Crippen molar-refractivity contribution in [3.05, 3.63) is 81.9 Å². The fraction of sp³-hybridized carbons (Fsp3) is 0.269. The SMILES string of the molecule is C[C@H]1C(=O)C(C#N)=C[C@@]2(C)c3nc(-c4cccc(Br)c4)n(-c4cccc(F)c4)c3CC[C@H]12.[3HH].[3H][3H].[3H][3H].[3H][3H].[3H][3H].[3H][3H].[3H][3H].[3H][3H].[3H][3H].[3H][3H].[3H][3H].[3H][3H].[3H][3H].[3H][3H].[3H][3H].[3H][3H].[3H][3H].[3H][3H].[3H][3H].[3H][3H].[3H][3H].[3H][3H].[3H][3H].[3H][3H].[3H][3H].[3H][3H].[3H][3H].[3H][3H].[3H][3H].[3H][3H].[3H][3H].[3H][3H].[3H][3H].[3H][3H].[3H][3H].[3H][3H].[3H][3H].[3H][3H].[3H][3H].[3H][3H].[3H][3H].[3H][3H].[3H][3H].[3H][3H].[3H][3H].[3H][3H].[3H][3H].[3H][3H].[3H][3H].[3H][3H].[3H][3H].[3H][3H].[3H][3H].[3H][3H].[3H][3H].[3H][3H].[3H][3H].[3H][3H].[3H][3H].[3H][3H].[3H][3H].[3H][3H].[3H][3H].[3H][3H].[3H][3H].[3H][3H].[3H][3H].[3H][3H].[3H][3H].[3H][3H].[3H][3H].[3H][3H].[3H][3H]. The molecule has 0 saturated carbocycles. The van der Waals surface area contributed by atoms with Gasteiger partial charge < -0.3 is 0 Å². The molecule has 0 aliphatic heterocycles. The van der Waals surface area contributed by atoms with E-state index in [-0.39, 0.29) is 30.4 Å². The minimum Gasteiger partial charge on any atom is -0.296 e. The van der Waals surface area contributed by atoms with Crippen LogP contribution in [0.4, 0.5) is 4.39 Å². The number of rotatable bonds is 2. The average Bonchev–Trinajstić information content (AvgIpc) is 1.56. The van der Waals surface area contributed by atoms with Crippen LogP contribution in [0.1, 0.15) is 247 Å². The lowest BCUT2D eigenvalue weighted by atomic mass is 9.58. The molecule has 6 heteroatoms. The number of imidazole rings is 1. The van der Waals surface area contributed by atoms with Crippen LogP contribution in [-0.4, -0.2) is 15.3 Å². The molecule has 0 fully saturated rings. The van der Waals surface area contributed by atoms with Crippen molar-refractivity contribution in [2.75, 3.05) is 0 Å². The number of nitrogens with zero attached hydrogens (tertiary/aromatic N) is 3. The van der Waals surface area contributed by atoms with Gasteiger partial charge in [0.25, 0.3) is 0 Å². The monoisotopic (exact) mass is 927 g/mol. The number of ketones is 1. The molecule has 0 radical (unpaired) electrons. The summed E-state index contributed by atoms with van der Waals surface area (Å²) in [4.78, 5) is 17.8. The molecule has 4 nitrogen and oxygen atoms in total. The summed E-state index contributed by atoms with van der Waals surface area (Å²) in [5.74, 6) is 0.135. The highest BCUT2D eigenvalue weighted by atomic mass is 79.9. The number of carbonyl (C=O) groups is 1. The molecular formula is C26H167BrFN3O. The van der Waals surface area contributed by atoms with Crippen molar-refractivity contribution in [2.24, 2.45) is 11.8 Å². The summed E-state index contributed by atoms with van der Waals surface area (Å²) >= 11 is 3.54. The van der Waals surface area contributed by atoms with E-state index in [1.165, 1.54) is 12.1 Å². The zero-order valence-electron chi connectivity index (χ0n) is 162. The van der Waals surface area contributed by atoms with E-state index >= 15 is 0 Å². The third-order valence-electron chi connectivity index (χ3n) is 6.94. The van der Waals surface area contributed by atoms with Crippen LogP contribution in [0.2, 0.25) is 0 Å². The lowest BCUT2D eigenvalue weighted by Crippen LogP contribution is -2.45. The number of aromatic nitrogens is 2. The van der Waals surface area contributed by atoms with Crippen molar-refractivity contribution >= 4 is 21.7 Å². The molecule has 0 unspecified atom stereocenters. The summed E-state index contributed by atoms with van der Waals surface area (Å²) in [6.45, 7) is 3.99. The first-order valence-corrected chi connectivity index (χ1v) is 11.4. The Morgan fingerprint density at radius 2 is 2.09 bits per heavy atom. The van der Waals surface area contributed by atoms with Crippen LogP contribution < -0.4 is 0 Å².